The van der Waals surface area contributed by atoms with E-state index >= 15 is 0 Å². The van der Waals surface area contributed by atoms with Crippen LogP contribution in [0.5, 0.6) is 5.75 Å². The maximum atomic E-state index is 11.9. The molecule has 0 saturated heterocycles. The van der Waals surface area contributed by atoms with Gasteiger partial charge in [-0.25, -0.2) is 0 Å². The highest BCUT2D eigenvalue weighted by Crippen LogP contribution is 2.21. The highest BCUT2D eigenvalue weighted by molar-refractivity contribution is 7.13. The molecule has 3 aromatic rings. The molecule has 2 heterocycles. The highest BCUT2D eigenvalue weighted by atomic mass is 32.1. The second-order valence-electron chi connectivity index (χ2n) is 5.01. The third-order valence-electron chi connectivity index (χ3n) is 3.24. The zero-order valence-electron chi connectivity index (χ0n) is 12.9. The number of rotatable bonds is 5. The van der Waals surface area contributed by atoms with Crippen molar-refractivity contribution in [2.75, 3.05) is 0 Å². The SMILES string of the molecule is O=C(CCc1nc(-c2cccs2)no1)NNC(=O)c1ccccc1O. The van der Waals surface area contributed by atoms with Crippen molar-refractivity contribution < 1.29 is 19.2 Å². The topological polar surface area (TPSA) is 117 Å². The molecule has 128 valence electrons. The number of nitrogens with one attached hydrogen (secondary N) is 2. The van der Waals surface area contributed by atoms with E-state index in [1.54, 1.807) is 12.1 Å². The maximum Gasteiger partial charge on any atom is 0.273 e. The number of aryl methyl sites for hydroxylation is 1. The summed E-state index contributed by atoms with van der Waals surface area (Å²) in [6, 6.07) is 9.80. The summed E-state index contributed by atoms with van der Waals surface area (Å²) in [6.45, 7) is 0. The summed E-state index contributed by atoms with van der Waals surface area (Å²) in [6.07, 6.45) is 0.309. The number of aromatic hydroxyl groups is 1. The number of carbonyl (C=O) groups is 2. The van der Waals surface area contributed by atoms with Gasteiger partial charge in [0.25, 0.3) is 5.91 Å². The molecule has 2 aromatic heterocycles. The largest absolute Gasteiger partial charge is 0.507 e. The molecule has 0 spiro atoms. The van der Waals surface area contributed by atoms with E-state index < -0.39 is 11.8 Å². The Kier molecular flexibility index (Phi) is 5.05. The van der Waals surface area contributed by atoms with Gasteiger partial charge < -0.3 is 9.63 Å². The summed E-state index contributed by atoms with van der Waals surface area (Å²) in [5.74, 6) is -0.367. The van der Waals surface area contributed by atoms with E-state index in [4.69, 9.17) is 4.52 Å². The molecule has 25 heavy (non-hydrogen) atoms. The van der Waals surface area contributed by atoms with Gasteiger partial charge in [-0.1, -0.05) is 23.4 Å². The molecule has 8 nitrogen and oxygen atoms in total. The number of amides is 2. The van der Waals surface area contributed by atoms with Crippen molar-refractivity contribution in [3.63, 3.8) is 0 Å². The van der Waals surface area contributed by atoms with Crippen molar-refractivity contribution in [2.24, 2.45) is 0 Å². The van der Waals surface area contributed by atoms with Gasteiger partial charge in [-0.3, -0.25) is 20.4 Å². The van der Waals surface area contributed by atoms with Gasteiger partial charge in [-0.15, -0.1) is 11.3 Å². The summed E-state index contributed by atoms with van der Waals surface area (Å²) in [5, 5.41) is 15.3. The third kappa shape index (κ3) is 4.21. The monoisotopic (exact) mass is 358 g/mol. The summed E-state index contributed by atoms with van der Waals surface area (Å²) < 4.78 is 5.09. The fourth-order valence-electron chi connectivity index (χ4n) is 2.00. The summed E-state index contributed by atoms with van der Waals surface area (Å²) >= 11 is 1.49. The molecule has 0 aliphatic carbocycles. The van der Waals surface area contributed by atoms with Crippen molar-refractivity contribution in [1.82, 2.24) is 21.0 Å². The van der Waals surface area contributed by atoms with Gasteiger partial charge in [0, 0.05) is 12.8 Å². The van der Waals surface area contributed by atoms with Crippen LogP contribution in [0.3, 0.4) is 0 Å². The average molecular weight is 358 g/mol. The molecule has 0 fully saturated rings. The molecule has 0 atom stereocenters. The second kappa shape index (κ2) is 7.58. The van der Waals surface area contributed by atoms with Gasteiger partial charge in [0.1, 0.15) is 5.75 Å². The van der Waals surface area contributed by atoms with E-state index in [1.165, 1.54) is 23.5 Å². The van der Waals surface area contributed by atoms with Crippen LogP contribution in [0.2, 0.25) is 0 Å². The minimum Gasteiger partial charge on any atom is -0.507 e. The lowest BCUT2D eigenvalue weighted by Crippen LogP contribution is -2.41. The Morgan fingerprint density at radius 3 is 2.76 bits per heavy atom. The van der Waals surface area contributed by atoms with Crippen LogP contribution in [0, 0.1) is 0 Å². The first-order valence-electron chi connectivity index (χ1n) is 7.37. The molecule has 9 heteroatoms. The first kappa shape index (κ1) is 16.7. The number of hydrogen-bond acceptors (Lipinski definition) is 7. The lowest BCUT2D eigenvalue weighted by molar-refractivity contribution is -0.121. The average Bonchev–Trinajstić information content (AvgIpc) is 3.29. The molecule has 0 unspecified atom stereocenters. The normalized spacial score (nSPS) is 10.4. The van der Waals surface area contributed by atoms with Crippen molar-refractivity contribution in [3.05, 3.63) is 53.2 Å². The number of benzene rings is 1. The van der Waals surface area contributed by atoms with Crippen LogP contribution in [0.1, 0.15) is 22.7 Å². The van der Waals surface area contributed by atoms with Gasteiger partial charge in [0.15, 0.2) is 0 Å². The quantitative estimate of drug-likeness (QED) is 0.600. The maximum absolute atomic E-state index is 11.9. The molecule has 0 aliphatic heterocycles. The third-order valence-corrected chi connectivity index (χ3v) is 4.11. The first-order valence-corrected chi connectivity index (χ1v) is 8.25. The lowest BCUT2D eigenvalue weighted by Gasteiger charge is -2.07. The summed E-state index contributed by atoms with van der Waals surface area (Å²) in [7, 11) is 0. The van der Waals surface area contributed by atoms with Crippen LogP contribution in [-0.2, 0) is 11.2 Å². The van der Waals surface area contributed by atoms with E-state index in [2.05, 4.69) is 21.0 Å². The predicted octanol–water partition coefficient (Wildman–Crippen LogP) is 1.90. The second-order valence-corrected chi connectivity index (χ2v) is 5.96. The minimum absolute atomic E-state index is 0.0626. The van der Waals surface area contributed by atoms with Crippen molar-refractivity contribution in [1.29, 1.82) is 0 Å². The van der Waals surface area contributed by atoms with Crippen LogP contribution in [0.4, 0.5) is 0 Å². The lowest BCUT2D eigenvalue weighted by atomic mass is 10.2. The molecule has 3 N–H and O–H groups in total. The molecule has 3 rings (SSSR count). The van der Waals surface area contributed by atoms with Crippen LogP contribution in [0.25, 0.3) is 10.7 Å². The fourth-order valence-corrected chi connectivity index (χ4v) is 2.65. The molecule has 1 aromatic carbocycles. The molecule has 0 radical (unpaired) electrons. The first-order chi connectivity index (χ1) is 12.1. The van der Waals surface area contributed by atoms with Crippen LogP contribution in [-0.4, -0.2) is 27.1 Å². The van der Waals surface area contributed by atoms with Crippen LogP contribution < -0.4 is 10.9 Å². The Morgan fingerprint density at radius 2 is 2.00 bits per heavy atom. The predicted molar refractivity (Wildman–Crippen MR) is 89.6 cm³/mol. The molecular formula is C16H14N4O4S. The van der Waals surface area contributed by atoms with Crippen LogP contribution >= 0.6 is 11.3 Å². The summed E-state index contributed by atoms with van der Waals surface area (Å²) in [5.41, 5.74) is 4.59. The Bertz CT molecular complexity index is 876. The van der Waals surface area contributed by atoms with Gasteiger partial charge in [-0.2, -0.15) is 4.98 Å². The van der Waals surface area contributed by atoms with Crippen molar-refractivity contribution >= 4 is 23.2 Å². The van der Waals surface area contributed by atoms with E-state index in [0.29, 0.717) is 11.7 Å². The van der Waals surface area contributed by atoms with E-state index in [-0.39, 0.29) is 24.2 Å². The number of para-hydroxylation sites is 1. The van der Waals surface area contributed by atoms with E-state index in [0.717, 1.165) is 4.88 Å². The highest BCUT2D eigenvalue weighted by Gasteiger charge is 2.13. The number of carbonyl (C=O) groups excluding carboxylic acids is 2. The zero-order valence-corrected chi connectivity index (χ0v) is 13.7. The van der Waals surface area contributed by atoms with Crippen molar-refractivity contribution in [3.8, 4) is 16.5 Å². The van der Waals surface area contributed by atoms with Gasteiger partial charge in [0.2, 0.25) is 17.6 Å². The van der Waals surface area contributed by atoms with Crippen molar-refractivity contribution in [2.45, 2.75) is 12.8 Å². The number of thiophene rings is 1. The Labute approximate surface area is 146 Å². The summed E-state index contributed by atoms with van der Waals surface area (Å²) in [4.78, 5) is 28.7. The number of aromatic nitrogens is 2. The Hall–Kier alpha value is -3.20. The van der Waals surface area contributed by atoms with Gasteiger partial charge in [-0.05, 0) is 23.6 Å². The zero-order chi connectivity index (χ0) is 17.6. The molecule has 0 saturated carbocycles. The number of nitrogens with zero attached hydrogens (tertiary/aromatic N) is 2. The number of phenolic OH excluding ortho intramolecular Hbond substituents is 1. The molecule has 2 amide bonds. The van der Waals surface area contributed by atoms with Gasteiger partial charge >= 0.3 is 0 Å². The molecule has 0 aliphatic rings. The molecule has 0 bridgehead atoms. The van der Waals surface area contributed by atoms with Crippen LogP contribution in [0.15, 0.2) is 46.3 Å². The number of hydrazine groups is 1. The fraction of sp³-hybridized carbons (Fsp3) is 0.125. The number of hydrogen-bond donors (Lipinski definition) is 3. The number of phenols is 1. The van der Waals surface area contributed by atoms with E-state index in [1.807, 2.05) is 17.5 Å². The molecular weight excluding hydrogens is 344 g/mol. The smallest absolute Gasteiger partial charge is 0.273 e. The standard InChI is InChI=1S/C16H14N4O4S/c21-11-5-2-1-4-10(11)16(23)19-18-13(22)7-8-14-17-15(20-24-14)12-6-3-9-25-12/h1-6,9,21H,7-8H2,(H,18,22)(H,19,23). The Morgan fingerprint density at radius 1 is 1.16 bits per heavy atom. The van der Waals surface area contributed by atoms with E-state index in [9.17, 15) is 14.7 Å². The van der Waals surface area contributed by atoms with Gasteiger partial charge in [0.05, 0.1) is 10.4 Å². The Balaban J connectivity index is 1.47. The minimum atomic E-state index is -0.607.